The third kappa shape index (κ3) is 3.50. The first-order valence-corrected chi connectivity index (χ1v) is 7.92. The lowest BCUT2D eigenvalue weighted by Gasteiger charge is -2.34. The Kier molecular flexibility index (Phi) is 5.88. The van der Waals surface area contributed by atoms with Crippen molar-refractivity contribution in [2.45, 2.75) is 45.1 Å². The molecule has 1 fully saturated rings. The van der Waals surface area contributed by atoms with Gasteiger partial charge in [0.1, 0.15) is 11.5 Å². The van der Waals surface area contributed by atoms with Gasteiger partial charge >= 0.3 is 0 Å². The molecule has 0 saturated heterocycles. The summed E-state index contributed by atoms with van der Waals surface area (Å²) in [6.45, 7) is 2.28. The van der Waals surface area contributed by atoms with E-state index < -0.39 is 0 Å². The van der Waals surface area contributed by atoms with Crippen molar-refractivity contribution in [3.63, 3.8) is 0 Å². The Morgan fingerprint density at radius 1 is 1.14 bits per heavy atom. The van der Waals surface area contributed by atoms with Gasteiger partial charge in [0.15, 0.2) is 0 Å². The molecule has 2 rings (SSSR count). The molecule has 0 bridgehead atoms. The van der Waals surface area contributed by atoms with Crippen molar-refractivity contribution in [1.82, 2.24) is 5.43 Å². The molecule has 1 unspecified atom stereocenters. The highest BCUT2D eigenvalue weighted by molar-refractivity contribution is 5.47. The number of ether oxygens (including phenoxy) is 2. The molecule has 0 amide bonds. The Hall–Kier alpha value is -1.26. The lowest BCUT2D eigenvalue weighted by molar-refractivity contribution is 0.213. The van der Waals surface area contributed by atoms with Gasteiger partial charge in [-0.25, -0.2) is 0 Å². The second-order valence-electron chi connectivity index (χ2n) is 5.91. The van der Waals surface area contributed by atoms with Crippen LogP contribution in [-0.4, -0.2) is 14.2 Å². The summed E-state index contributed by atoms with van der Waals surface area (Å²) in [5.41, 5.74) is 4.06. The van der Waals surface area contributed by atoms with Crippen molar-refractivity contribution in [3.05, 3.63) is 23.8 Å². The molecule has 1 aromatic carbocycles. The number of rotatable bonds is 6. The Morgan fingerprint density at radius 3 is 2.14 bits per heavy atom. The lowest BCUT2D eigenvalue weighted by Crippen LogP contribution is -2.35. The summed E-state index contributed by atoms with van der Waals surface area (Å²) in [6, 6.07) is 5.97. The molecule has 3 N–H and O–H groups in total. The van der Waals surface area contributed by atoms with Crippen molar-refractivity contribution in [3.8, 4) is 11.5 Å². The third-order valence-electron chi connectivity index (χ3n) is 4.90. The normalized spacial score (nSPS) is 23.6. The number of hydrazine groups is 1. The van der Waals surface area contributed by atoms with Crippen molar-refractivity contribution >= 4 is 0 Å². The van der Waals surface area contributed by atoms with Crippen molar-refractivity contribution in [2.24, 2.45) is 17.7 Å². The molecule has 4 heteroatoms. The van der Waals surface area contributed by atoms with Gasteiger partial charge in [0.2, 0.25) is 0 Å². The molecule has 1 atom stereocenters. The second kappa shape index (κ2) is 7.66. The van der Waals surface area contributed by atoms with Crippen molar-refractivity contribution in [2.75, 3.05) is 14.2 Å². The number of benzene rings is 1. The van der Waals surface area contributed by atoms with E-state index in [4.69, 9.17) is 15.3 Å². The van der Waals surface area contributed by atoms with Crippen molar-refractivity contribution < 1.29 is 9.47 Å². The van der Waals surface area contributed by atoms with E-state index in [1.807, 2.05) is 18.2 Å². The first kappa shape index (κ1) is 16.1. The summed E-state index contributed by atoms with van der Waals surface area (Å²) >= 11 is 0. The van der Waals surface area contributed by atoms with Crippen LogP contribution in [-0.2, 0) is 0 Å². The highest BCUT2D eigenvalue weighted by atomic mass is 16.5. The van der Waals surface area contributed by atoms with E-state index >= 15 is 0 Å². The van der Waals surface area contributed by atoms with Crippen molar-refractivity contribution in [1.29, 1.82) is 0 Å². The van der Waals surface area contributed by atoms with Crippen LogP contribution in [0.2, 0.25) is 0 Å². The summed E-state index contributed by atoms with van der Waals surface area (Å²) in [4.78, 5) is 0. The standard InChI is InChI=1S/C17H28N2O2/c1-4-12-8-10-13(11-9-12)17(19-18)16-14(20-2)6-5-7-15(16)21-3/h5-7,12-13,17,19H,4,8-11,18H2,1-3H3. The predicted octanol–water partition coefficient (Wildman–Crippen LogP) is 3.42. The Balaban J connectivity index is 2.25. The van der Waals surface area contributed by atoms with Gasteiger partial charge < -0.3 is 9.47 Å². The first-order valence-electron chi connectivity index (χ1n) is 7.92. The van der Waals surface area contributed by atoms with E-state index in [0.717, 1.165) is 23.0 Å². The minimum absolute atomic E-state index is 0.0777. The van der Waals surface area contributed by atoms with Crippen LogP contribution in [0.15, 0.2) is 18.2 Å². The first-order chi connectivity index (χ1) is 10.2. The van der Waals surface area contributed by atoms with Crippen LogP contribution < -0.4 is 20.7 Å². The predicted molar refractivity (Wildman–Crippen MR) is 85.3 cm³/mol. The molecule has 21 heavy (non-hydrogen) atoms. The van der Waals surface area contributed by atoms with Gasteiger partial charge in [-0.15, -0.1) is 0 Å². The number of hydrogen-bond acceptors (Lipinski definition) is 4. The maximum Gasteiger partial charge on any atom is 0.127 e. The molecular formula is C17H28N2O2. The van der Waals surface area contributed by atoms with E-state index in [1.54, 1.807) is 14.2 Å². The average molecular weight is 292 g/mol. The zero-order chi connectivity index (χ0) is 15.2. The van der Waals surface area contributed by atoms with Crippen LogP contribution in [0.4, 0.5) is 0 Å². The molecule has 0 aliphatic heterocycles. The van der Waals surface area contributed by atoms with Crippen LogP contribution in [0.25, 0.3) is 0 Å². The van der Waals surface area contributed by atoms with Crippen LogP contribution in [0.3, 0.4) is 0 Å². The molecule has 1 saturated carbocycles. The van der Waals surface area contributed by atoms with Crippen LogP contribution in [0.1, 0.15) is 50.6 Å². The minimum atomic E-state index is 0.0777. The summed E-state index contributed by atoms with van der Waals surface area (Å²) in [5, 5.41) is 0. The third-order valence-corrected chi connectivity index (χ3v) is 4.90. The molecule has 0 radical (unpaired) electrons. The monoisotopic (exact) mass is 292 g/mol. The molecule has 4 nitrogen and oxygen atoms in total. The highest BCUT2D eigenvalue weighted by Gasteiger charge is 2.31. The summed E-state index contributed by atoms with van der Waals surface area (Å²) in [6.07, 6.45) is 6.27. The quantitative estimate of drug-likeness (QED) is 0.623. The molecule has 1 aliphatic carbocycles. The van der Waals surface area contributed by atoms with Crippen LogP contribution in [0.5, 0.6) is 11.5 Å². The van der Waals surface area contributed by atoms with E-state index in [9.17, 15) is 0 Å². The SMILES string of the molecule is CCC1CCC(C(NN)c2c(OC)cccc2OC)CC1. The van der Waals surface area contributed by atoms with Gasteiger partial charge in [-0.2, -0.15) is 0 Å². The van der Waals surface area contributed by atoms with E-state index in [-0.39, 0.29) is 6.04 Å². The smallest absolute Gasteiger partial charge is 0.127 e. The fraction of sp³-hybridized carbons (Fsp3) is 0.647. The minimum Gasteiger partial charge on any atom is -0.496 e. The second-order valence-corrected chi connectivity index (χ2v) is 5.91. The molecule has 1 aliphatic rings. The van der Waals surface area contributed by atoms with Gasteiger partial charge in [-0.05, 0) is 36.8 Å². The van der Waals surface area contributed by atoms with Crippen LogP contribution >= 0.6 is 0 Å². The number of hydrogen-bond donors (Lipinski definition) is 2. The molecule has 118 valence electrons. The molecule has 1 aromatic rings. The summed E-state index contributed by atoms with van der Waals surface area (Å²) in [7, 11) is 3.39. The maximum atomic E-state index is 5.89. The fourth-order valence-electron chi connectivity index (χ4n) is 3.57. The summed E-state index contributed by atoms with van der Waals surface area (Å²) in [5.74, 6) is 8.98. The lowest BCUT2D eigenvalue weighted by atomic mass is 9.76. The van der Waals surface area contributed by atoms with Gasteiger partial charge in [-0.1, -0.05) is 32.3 Å². The maximum absolute atomic E-state index is 5.89. The Labute approximate surface area is 128 Å². The van der Waals surface area contributed by atoms with Gasteiger partial charge in [-0.3, -0.25) is 11.3 Å². The Bertz CT molecular complexity index is 420. The highest BCUT2D eigenvalue weighted by Crippen LogP contribution is 2.43. The zero-order valence-electron chi connectivity index (χ0n) is 13.4. The number of nitrogens with two attached hydrogens (primary N) is 1. The van der Waals surface area contributed by atoms with E-state index in [2.05, 4.69) is 12.3 Å². The number of methoxy groups -OCH3 is 2. The van der Waals surface area contributed by atoms with Gasteiger partial charge in [0, 0.05) is 0 Å². The molecule has 0 aromatic heterocycles. The molecule has 0 heterocycles. The zero-order valence-corrected chi connectivity index (χ0v) is 13.4. The van der Waals surface area contributed by atoms with Gasteiger partial charge in [0.05, 0.1) is 25.8 Å². The van der Waals surface area contributed by atoms with E-state index in [1.165, 1.54) is 32.1 Å². The fourth-order valence-corrected chi connectivity index (χ4v) is 3.57. The van der Waals surface area contributed by atoms with Crippen LogP contribution in [0, 0.1) is 11.8 Å². The molecule has 0 spiro atoms. The summed E-state index contributed by atoms with van der Waals surface area (Å²) < 4.78 is 11.1. The van der Waals surface area contributed by atoms with E-state index in [0.29, 0.717) is 5.92 Å². The molecular weight excluding hydrogens is 264 g/mol. The number of nitrogens with one attached hydrogen (secondary N) is 1. The Morgan fingerprint density at radius 2 is 1.71 bits per heavy atom. The topological polar surface area (TPSA) is 56.5 Å². The largest absolute Gasteiger partial charge is 0.496 e. The van der Waals surface area contributed by atoms with Gasteiger partial charge in [0.25, 0.3) is 0 Å². The average Bonchev–Trinajstić information content (AvgIpc) is 2.56.